The zero-order valence-electron chi connectivity index (χ0n) is 20.5. The smallest absolute Gasteiger partial charge is 0.0403 e. The molecule has 3 nitrogen and oxygen atoms in total. The van der Waals surface area contributed by atoms with Crippen LogP contribution in [0.4, 0.5) is 5.69 Å². The van der Waals surface area contributed by atoms with Gasteiger partial charge in [0.25, 0.3) is 0 Å². The van der Waals surface area contributed by atoms with Crippen molar-refractivity contribution in [2.45, 2.75) is 66.8 Å². The highest BCUT2D eigenvalue weighted by Gasteiger charge is 2.07. The molecular formula is C28H43N3. The molecule has 0 unspecified atom stereocenters. The number of nitrogens with one attached hydrogen (secondary N) is 2. The van der Waals surface area contributed by atoms with E-state index in [1.807, 2.05) is 0 Å². The Morgan fingerprint density at radius 3 is 2.39 bits per heavy atom. The Hall–Kier alpha value is -2.26. The van der Waals surface area contributed by atoms with Crippen LogP contribution in [0.2, 0.25) is 0 Å². The first-order valence-corrected chi connectivity index (χ1v) is 12.0. The van der Waals surface area contributed by atoms with Gasteiger partial charge in [0.2, 0.25) is 0 Å². The molecule has 31 heavy (non-hydrogen) atoms. The van der Waals surface area contributed by atoms with Gasteiger partial charge >= 0.3 is 0 Å². The molecule has 2 aromatic carbocycles. The van der Waals surface area contributed by atoms with Gasteiger partial charge in [-0.15, -0.1) is 0 Å². The lowest BCUT2D eigenvalue weighted by Gasteiger charge is -2.22. The van der Waals surface area contributed by atoms with Crippen molar-refractivity contribution in [3.63, 3.8) is 0 Å². The summed E-state index contributed by atoms with van der Waals surface area (Å²) in [6.07, 6.45) is 5.11. The molecule has 0 aliphatic heterocycles. The first-order valence-electron chi connectivity index (χ1n) is 12.0. The summed E-state index contributed by atoms with van der Waals surface area (Å²) < 4.78 is 0. The fourth-order valence-electron chi connectivity index (χ4n) is 3.94. The predicted molar refractivity (Wildman–Crippen MR) is 138 cm³/mol. The van der Waals surface area contributed by atoms with Crippen molar-refractivity contribution < 1.29 is 0 Å². The number of anilines is 1. The summed E-state index contributed by atoms with van der Waals surface area (Å²) in [5.41, 5.74) is 8.57. The monoisotopic (exact) mass is 421 g/mol. The molecule has 0 aromatic heterocycles. The van der Waals surface area contributed by atoms with Gasteiger partial charge in [0.15, 0.2) is 0 Å². The molecule has 2 rings (SSSR count). The standard InChI is InChI=1S/C28H43N3/c1-7-9-10-17-31(16-8-2)18-15-29-25(6)26-14-12-23(4)28(20-26)30-21-27-13-11-22(3)19-24(27)5/h11-14,19-20,29-30H,6-10,15-18,21H2,1-5H3. The van der Waals surface area contributed by atoms with Crippen LogP contribution in [0.3, 0.4) is 0 Å². The highest BCUT2D eigenvalue weighted by molar-refractivity contribution is 5.67. The molecule has 0 amide bonds. The van der Waals surface area contributed by atoms with E-state index in [1.165, 1.54) is 66.7 Å². The Kier molecular flexibility index (Phi) is 10.7. The van der Waals surface area contributed by atoms with E-state index in [4.69, 9.17) is 0 Å². The Balaban J connectivity index is 1.91. The third-order valence-electron chi connectivity index (χ3n) is 5.94. The van der Waals surface area contributed by atoms with E-state index in [0.29, 0.717) is 0 Å². The Labute approximate surface area is 190 Å². The highest BCUT2D eigenvalue weighted by atomic mass is 15.1. The van der Waals surface area contributed by atoms with Gasteiger partial charge in [-0.05, 0) is 75.0 Å². The van der Waals surface area contributed by atoms with Crippen molar-refractivity contribution >= 4 is 11.4 Å². The Morgan fingerprint density at radius 2 is 1.68 bits per heavy atom. The number of benzene rings is 2. The molecular weight excluding hydrogens is 378 g/mol. The van der Waals surface area contributed by atoms with Crippen LogP contribution in [-0.2, 0) is 6.54 Å². The van der Waals surface area contributed by atoms with E-state index in [9.17, 15) is 0 Å². The van der Waals surface area contributed by atoms with E-state index in [1.54, 1.807) is 0 Å². The molecule has 2 aromatic rings. The van der Waals surface area contributed by atoms with Gasteiger partial charge in [0.05, 0.1) is 0 Å². The van der Waals surface area contributed by atoms with Gasteiger partial charge in [-0.25, -0.2) is 0 Å². The summed E-state index contributed by atoms with van der Waals surface area (Å²) in [5.74, 6) is 0. The molecule has 0 aliphatic carbocycles. The molecule has 3 heteroatoms. The molecule has 0 saturated carbocycles. The van der Waals surface area contributed by atoms with Gasteiger partial charge in [0.1, 0.15) is 0 Å². The molecule has 0 aliphatic rings. The molecule has 0 saturated heterocycles. The lowest BCUT2D eigenvalue weighted by Crippen LogP contribution is -2.33. The van der Waals surface area contributed by atoms with Crippen molar-refractivity contribution in [1.29, 1.82) is 0 Å². The topological polar surface area (TPSA) is 27.3 Å². The summed E-state index contributed by atoms with van der Waals surface area (Å²) in [6, 6.07) is 13.2. The molecule has 0 spiro atoms. The maximum atomic E-state index is 4.30. The van der Waals surface area contributed by atoms with Gasteiger partial charge in [-0.1, -0.05) is 69.2 Å². The van der Waals surface area contributed by atoms with Crippen molar-refractivity contribution in [1.82, 2.24) is 10.2 Å². The van der Waals surface area contributed by atoms with Crippen LogP contribution in [0, 0.1) is 20.8 Å². The maximum absolute atomic E-state index is 4.30. The largest absolute Gasteiger partial charge is 0.384 e. The number of nitrogens with zero attached hydrogens (tertiary/aromatic N) is 1. The number of rotatable bonds is 14. The van der Waals surface area contributed by atoms with Gasteiger partial charge in [-0.3, -0.25) is 0 Å². The van der Waals surface area contributed by atoms with Crippen LogP contribution in [0.25, 0.3) is 5.70 Å². The van der Waals surface area contributed by atoms with Crippen LogP contribution in [0.15, 0.2) is 43.0 Å². The highest BCUT2D eigenvalue weighted by Crippen LogP contribution is 2.22. The quantitative estimate of drug-likeness (QED) is 0.333. The van der Waals surface area contributed by atoms with Crippen LogP contribution in [0.5, 0.6) is 0 Å². The average Bonchev–Trinajstić information content (AvgIpc) is 2.74. The van der Waals surface area contributed by atoms with Gasteiger partial charge in [-0.2, -0.15) is 0 Å². The fourth-order valence-corrected chi connectivity index (χ4v) is 3.94. The first-order chi connectivity index (χ1) is 14.9. The second kappa shape index (κ2) is 13.2. The first kappa shape index (κ1) is 25.0. The molecule has 0 fully saturated rings. The van der Waals surface area contributed by atoms with E-state index in [-0.39, 0.29) is 0 Å². The lowest BCUT2D eigenvalue weighted by molar-refractivity contribution is 0.271. The second-order valence-electron chi connectivity index (χ2n) is 8.77. The van der Waals surface area contributed by atoms with E-state index in [2.05, 4.69) is 93.1 Å². The minimum Gasteiger partial charge on any atom is -0.384 e. The fraction of sp³-hybridized carbons (Fsp3) is 0.500. The number of hydrogen-bond donors (Lipinski definition) is 2. The van der Waals surface area contributed by atoms with Gasteiger partial charge < -0.3 is 15.5 Å². The third-order valence-corrected chi connectivity index (χ3v) is 5.94. The van der Waals surface area contributed by atoms with E-state index in [0.717, 1.165) is 30.9 Å². The van der Waals surface area contributed by atoms with E-state index >= 15 is 0 Å². The molecule has 0 heterocycles. The van der Waals surface area contributed by atoms with Crippen LogP contribution < -0.4 is 10.6 Å². The predicted octanol–water partition coefficient (Wildman–Crippen LogP) is 6.69. The van der Waals surface area contributed by atoms with E-state index < -0.39 is 0 Å². The lowest BCUT2D eigenvalue weighted by atomic mass is 10.0. The van der Waals surface area contributed by atoms with Crippen molar-refractivity contribution in [2.75, 3.05) is 31.5 Å². The minimum absolute atomic E-state index is 0.833. The molecule has 0 radical (unpaired) electrons. The summed E-state index contributed by atoms with van der Waals surface area (Å²) in [6.45, 7) is 20.5. The Morgan fingerprint density at radius 1 is 0.871 bits per heavy atom. The minimum atomic E-state index is 0.833. The van der Waals surface area contributed by atoms with Crippen molar-refractivity contribution in [2.24, 2.45) is 0 Å². The maximum Gasteiger partial charge on any atom is 0.0403 e. The molecule has 2 N–H and O–H groups in total. The third kappa shape index (κ3) is 8.41. The number of hydrogen-bond acceptors (Lipinski definition) is 3. The molecule has 0 atom stereocenters. The summed E-state index contributed by atoms with van der Waals surface area (Å²) in [5, 5.41) is 7.18. The summed E-state index contributed by atoms with van der Waals surface area (Å²) >= 11 is 0. The summed E-state index contributed by atoms with van der Waals surface area (Å²) in [4.78, 5) is 2.57. The number of unbranched alkanes of at least 4 members (excludes halogenated alkanes) is 2. The van der Waals surface area contributed by atoms with Crippen molar-refractivity contribution in [3.05, 3.63) is 70.8 Å². The zero-order valence-corrected chi connectivity index (χ0v) is 20.5. The Bertz CT molecular complexity index is 825. The molecule has 170 valence electrons. The van der Waals surface area contributed by atoms with Crippen molar-refractivity contribution in [3.8, 4) is 0 Å². The average molecular weight is 422 g/mol. The number of aryl methyl sites for hydroxylation is 3. The zero-order chi connectivity index (χ0) is 22.6. The SMILES string of the molecule is C=C(NCCN(CCC)CCCCC)c1ccc(C)c(NCc2ccc(C)cc2C)c1. The van der Waals surface area contributed by atoms with Gasteiger partial charge in [0, 0.05) is 31.0 Å². The second-order valence-corrected chi connectivity index (χ2v) is 8.77. The van der Waals surface area contributed by atoms with Crippen LogP contribution in [0.1, 0.15) is 67.3 Å². The molecule has 0 bridgehead atoms. The summed E-state index contributed by atoms with van der Waals surface area (Å²) in [7, 11) is 0. The van der Waals surface area contributed by atoms with Crippen LogP contribution in [-0.4, -0.2) is 31.1 Å². The van der Waals surface area contributed by atoms with Crippen LogP contribution >= 0.6 is 0 Å². The normalized spacial score (nSPS) is 11.0.